The van der Waals surface area contributed by atoms with Crippen LogP contribution in [0.4, 0.5) is 0 Å². The number of benzene rings is 3. The molecule has 31 heavy (non-hydrogen) atoms. The van der Waals surface area contributed by atoms with Gasteiger partial charge in [0.1, 0.15) is 5.58 Å². The second-order valence-corrected chi connectivity index (χ2v) is 8.78. The number of carbonyl (C=O) groups is 1. The first-order chi connectivity index (χ1) is 15.0. The van der Waals surface area contributed by atoms with Gasteiger partial charge in [-0.05, 0) is 48.7 Å². The fourth-order valence-electron chi connectivity index (χ4n) is 4.28. The summed E-state index contributed by atoms with van der Waals surface area (Å²) in [6, 6.07) is 22.8. The lowest BCUT2D eigenvalue weighted by Crippen LogP contribution is -2.31. The highest BCUT2D eigenvalue weighted by molar-refractivity contribution is 9.10. The van der Waals surface area contributed by atoms with Gasteiger partial charge >= 0.3 is 0 Å². The van der Waals surface area contributed by atoms with Crippen molar-refractivity contribution in [1.82, 2.24) is 4.90 Å². The maximum absolute atomic E-state index is 13.6. The molecule has 0 spiro atoms. The van der Waals surface area contributed by atoms with E-state index in [9.17, 15) is 9.59 Å². The van der Waals surface area contributed by atoms with E-state index in [-0.39, 0.29) is 17.1 Å². The summed E-state index contributed by atoms with van der Waals surface area (Å²) >= 11 is 3.52. The number of nitrogens with zero attached hydrogens (tertiary/aromatic N) is 1. The fraction of sp³-hybridized carbons (Fsp3) is 0.154. The van der Waals surface area contributed by atoms with Gasteiger partial charge in [-0.15, -0.1) is 0 Å². The minimum Gasteiger partial charge on any atom is -0.450 e. The summed E-state index contributed by atoms with van der Waals surface area (Å²) < 4.78 is 6.91. The molecule has 0 fully saturated rings. The monoisotopic (exact) mass is 473 g/mol. The molecule has 0 saturated carbocycles. The Hall–Kier alpha value is -3.18. The molecule has 1 unspecified atom stereocenters. The Morgan fingerprint density at radius 1 is 0.968 bits per heavy atom. The van der Waals surface area contributed by atoms with Crippen molar-refractivity contribution in [3.63, 3.8) is 0 Å². The molecule has 0 N–H and O–H groups in total. The molecule has 0 radical (unpaired) electrons. The maximum Gasteiger partial charge on any atom is 0.290 e. The summed E-state index contributed by atoms with van der Waals surface area (Å²) in [5, 5.41) is 0.511. The van der Waals surface area contributed by atoms with Crippen LogP contribution in [0.15, 0.2) is 86.5 Å². The van der Waals surface area contributed by atoms with Gasteiger partial charge in [-0.3, -0.25) is 9.59 Å². The Bertz CT molecular complexity index is 1360. The van der Waals surface area contributed by atoms with Crippen LogP contribution < -0.4 is 5.43 Å². The van der Waals surface area contributed by atoms with Gasteiger partial charge in [0.05, 0.1) is 17.0 Å². The lowest BCUT2D eigenvalue weighted by molar-refractivity contribution is 0.0730. The lowest BCUT2D eigenvalue weighted by Gasteiger charge is -2.25. The molecule has 0 bridgehead atoms. The van der Waals surface area contributed by atoms with E-state index >= 15 is 0 Å². The predicted molar refractivity (Wildman–Crippen MR) is 124 cm³/mol. The zero-order chi connectivity index (χ0) is 21.5. The van der Waals surface area contributed by atoms with E-state index in [4.69, 9.17) is 4.42 Å². The minimum absolute atomic E-state index is 0.138. The van der Waals surface area contributed by atoms with Crippen LogP contribution in [-0.2, 0) is 6.42 Å². The molecule has 5 rings (SSSR count). The van der Waals surface area contributed by atoms with E-state index in [1.54, 1.807) is 11.0 Å². The van der Waals surface area contributed by atoms with Gasteiger partial charge in [-0.25, -0.2) is 0 Å². The molecule has 1 aromatic heterocycles. The minimum atomic E-state index is -0.482. The third kappa shape index (κ3) is 3.49. The number of hydrogen-bond donors (Lipinski definition) is 0. The number of hydrogen-bond acceptors (Lipinski definition) is 3. The predicted octanol–water partition coefficient (Wildman–Crippen LogP) is 5.65. The second-order valence-electron chi connectivity index (χ2n) is 7.87. The molecule has 5 heteroatoms. The van der Waals surface area contributed by atoms with E-state index < -0.39 is 6.04 Å². The van der Waals surface area contributed by atoms with Gasteiger partial charge in [0.2, 0.25) is 5.76 Å². The molecule has 3 aromatic carbocycles. The quantitative estimate of drug-likeness (QED) is 0.384. The number of aryl methyl sites for hydroxylation is 1. The third-order valence-corrected chi connectivity index (χ3v) is 6.26. The van der Waals surface area contributed by atoms with Gasteiger partial charge in [0.15, 0.2) is 5.43 Å². The summed E-state index contributed by atoms with van der Waals surface area (Å²) in [7, 11) is 0. The first kappa shape index (κ1) is 19.8. The molecule has 0 saturated heterocycles. The Morgan fingerprint density at radius 2 is 1.77 bits per heavy atom. The summed E-state index contributed by atoms with van der Waals surface area (Å²) in [6.45, 7) is 2.42. The molecule has 1 atom stereocenters. The smallest absolute Gasteiger partial charge is 0.290 e. The van der Waals surface area contributed by atoms with Crippen LogP contribution in [0.3, 0.4) is 0 Å². The zero-order valence-corrected chi connectivity index (χ0v) is 18.6. The Balaban J connectivity index is 1.67. The highest BCUT2D eigenvalue weighted by Crippen LogP contribution is 2.38. The van der Waals surface area contributed by atoms with Crippen LogP contribution in [0.1, 0.15) is 38.9 Å². The number of rotatable bonds is 4. The first-order valence-electron chi connectivity index (χ1n) is 10.2. The van der Waals surface area contributed by atoms with Crippen molar-refractivity contribution in [3.05, 3.63) is 116 Å². The van der Waals surface area contributed by atoms with Gasteiger partial charge in [-0.2, -0.15) is 0 Å². The van der Waals surface area contributed by atoms with Crippen molar-refractivity contribution in [2.45, 2.75) is 19.4 Å². The van der Waals surface area contributed by atoms with Crippen LogP contribution >= 0.6 is 15.9 Å². The molecule has 0 aliphatic carbocycles. The van der Waals surface area contributed by atoms with Crippen LogP contribution in [0.2, 0.25) is 0 Å². The van der Waals surface area contributed by atoms with Crippen LogP contribution in [0.25, 0.3) is 11.0 Å². The number of halogens is 1. The van der Waals surface area contributed by atoms with Crippen LogP contribution in [0, 0.1) is 6.92 Å². The van der Waals surface area contributed by atoms with Crippen LogP contribution in [-0.4, -0.2) is 17.4 Å². The molecule has 154 valence electrons. The van der Waals surface area contributed by atoms with Gasteiger partial charge in [0, 0.05) is 11.0 Å². The van der Waals surface area contributed by atoms with E-state index in [1.165, 1.54) is 0 Å². The van der Waals surface area contributed by atoms with Crippen molar-refractivity contribution < 1.29 is 9.21 Å². The van der Waals surface area contributed by atoms with Gasteiger partial charge < -0.3 is 9.32 Å². The summed E-state index contributed by atoms with van der Waals surface area (Å²) in [6.07, 6.45) is 0.692. The van der Waals surface area contributed by atoms with E-state index in [0.717, 1.165) is 21.2 Å². The number of fused-ring (bicyclic) bond motifs is 2. The molecule has 2 heterocycles. The van der Waals surface area contributed by atoms with Crippen molar-refractivity contribution >= 4 is 32.8 Å². The summed E-state index contributed by atoms with van der Waals surface area (Å²) in [4.78, 5) is 28.7. The standard InChI is InChI=1S/C26H20BrNO3/c1-16-10-11-21-20(14-16)24(29)22-23(18-8-5-9-19(27)15-18)28(26(30)25(22)31-21)13-12-17-6-3-2-4-7-17/h2-11,14-15,23H,12-13H2,1H3. The molecule has 4 nitrogen and oxygen atoms in total. The van der Waals surface area contributed by atoms with Crippen LogP contribution in [0.5, 0.6) is 0 Å². The van der Waals surface area contributed by atoms with E-state index in [0.29, 0.717) is 29.5 Å². The van der Waals surface area contributed by atoms with Gasteiger partial charge in [-0.1, -0.05) is 70.0 Å². The topological polar surface area (TPSA) is 50.5 Å². The summed E-state index contributed by atoms with van der Waals surface area (Å²) in [5.41, 5.74) is 3.73. The average molecular weight is 474 g/mol. The lowest BCUT2D eigenvalue weighted by atomic mass is 9.98. The molecule has 4 aromatic rings. The Morgan fingerprint density at radius 3 is 2.55 bits per heavy atom. The average Bonchev–Trinajstić information content (AvgIpc) is 3.05. The van der Waals surface area contributed by atoms with Crippen molar-refractivity contribution in [2.75, 3.05) is 6.54 Å². The highest BCUT2D eigenvalue weighted by Gasteiger charge is 2.42. The molecular formula is C26H20BrNO3. The SMILES string of the molecule is Cc1ccc2oc3c(c(=O)c2c1)C(c1cccc(Br)c1)N(CCc1ccccc1)C3=O. The largest absolute Gasteiger partial charge is 0.450 e. The van der Waals surface area contributed by atoms with E-state index in [1.807, 2.05) is 73.7 Å². The first-order valence-corrected chi connectivity index (χ1v) is 11.0. The fourth-order valence-corrected chi connectivity index (χ4v) is 4.70. The Kier molecular flexibility index (Phi) is 4.98. The van der Waals surface area contributed by atoms with E-state index in [2.05, 4.69) is 15.9 Å². The number of amides is 1. The Labute approximate surface area is 188 Å². The second kappa shape index (κ2) is 7.82. The van der Waals surface area contributed by atoms with Gasteiger partial charge in [0.25, 0.3) is 5.91 Å². The molecule has 1 amide bonds. The zero-order valence-electron chi connectivity index (χ0n) is 17.0. The third-order valence-electron chi connectivity index (χ3n) is 5.77. The maximum atomic E-state index is 13.6. The molecular weight excluding hydrogens is 454 g/mol. The summed E-state index contributed by atoms with van der Waals surface area (Å²) in [5.74, 6) is -0.0881. The number of carbonyl (C=O) groups excluding carboxylic acids is 1. The molecule has 1 aliphatic heterocycles. The molecule has 1 aliphatic rings. The normalized spacial score (nSPS) is 15.5. The van der Waals surface area contributed by atoms with Crippen molar-refractivity contribution in [2.24, 2.45) is 0 Å². The highest BCUT2D eigenvalue weighted by atomic mass is 79.9. The van der Waals surface area contributed by atoms with Crippen molar-refractivity contribution in [3.8, 4) is 0 Å². The van der Waals surface area contributed by atoms with Crippen molar-refractivity contribution in [1.29, 1.82) is 0 Å².